The molecule has 0 aliphatic carbocycles. The number of rotatable bonds is 9. The Kier molecular flexibility index (Phi) is 7.94. The zero-order valence-corrected chi connectivity index (χ0v) is 19.4. The summed E-state index contributed by atoms with van der Waals surface area (Å²) in [5.41, 5.74) is 1.25. The van der Waals surface area contributed by atoms with Gasteiger partial charge in [0.25, 0.3) is 11.7 Å². The minimum Gasteiger partial charge on any atom is -0.507 e. The summed E-state index contributed by atoms with van der Waals surface area (Å²) in [7, 11) is 3.81. The lowest BCUT2D eigenvalue weighted by Gasteiger charge is -2.26. The third-order valence-corrected chi connectivity index (χ3v) is 5.66. The lowest BCUT2D eigenvalue weighted by atomic mass is 9.95. The number of ketones is 1. The lowest BCUT2D eigenvalue weighted by Crippen LogP contribution is -2.35. The molecule has 2 aromatic carbocycles. The topological polar surface area (TPSA) is 70.1 Å². The van der Waals surface area contributed by atoms with Gasteiger partial charge in [-0.15, -0.1) is 0 Å². The van der Waals surface area contributed by atoms with Gasteiger partial charge in [-0.05, 0) is 62.5 Å². The molecule has 1 atom stereocenters. The van der Waals surface area contributed by atoms with E-state index >= 15 is 0 Å². The van der Waals surface area contributed by atoms with Crippen molar-refractivity contribution in [3.8, 4) is 5.75 Å². The molecule has 0 bridgehead atoms. The second kappa shape index (κ2) is 10.7. The number of hydrogen-bond donors (Lipinski definition) is 1. The van der Waals surface area contributed by atoms with Crippen LogP contribution < -0.4 is 4.74 Å². The summed E-state index contributed by atoms with van der Waals surface area (Å²) in [6, 6.07) is 13.2. The quantitative estimate of drug-likeness (QED) is 0.260. The number of amides is 1. The third kappa shape index (κ3) is 5.31. The van der Waals surface area contributed by atoms with Crippen LogP contribution in [-0.2, 0) is 9.59 Å². The molecule has 1 fully saturated rings. The molecule has 2 aromatic rings. The average molecular weight is 457 g/mol. The number of aliphatic hydroxyl groups is 1. The van der Waals surface area contributed by atoms with Crippen LogP contribution in [0, 0.1) is 0 Å². The van der Waals surface area contributed by atoms with Crippen LogP contribution >= 0.6 is 11.6 Å². The van der Waals surface area contributed by atoms with Crippen LogP contribution in [0.2, 0.25) is 5.02 Å². The largest absolute Gasteiger partial charge is 0.507 e. The van der Waals surface area contributed by atoms with Crippen molar-refractivity contribution in [2.45, 2.75) is 25.8 Å². The molecule has 6 nitrogen and oxygen atoms in total. The highest BCUT2D eigenvalue weighted by molar-refractivity contribution is 6.46. The van der Waals surface area contributed by atoms with Gasteiger partial charge in [-0.2, -0.15) is 0 Å². The molecular formula is C25H29ClN2O4. The van der Waals surface area contributed by atoms with Gasteiger partial charge in [-0.3, -0.25) is 9.59 Å². The Morgan fingerprint density at radius 1 is 1.09 bits per heavy atom. The van der Waals surface area contributed by atoms with Crippen molar-refractivity contribution < 1.29 is 19.4 Å². The molecule has 3 rings (SSSR count). The van der Waals surface area contributed by atoms with Gasteiger partial charge in [0.15, 0.2) is 0 Å². The van der Waals surface area contributed by atoms with Crippen molar-refractivity contribution in [2.75, 3.05) is 33.8 Å². The van der Waals surface area contributed by atoms with E-state index < -0.39 is 17.7 Å². The highest BCUT2D eigenvalue weighted by atomic mass is 35.5. The minimum atomic E-state index is -0.690. The number of benzene rings is 2. The van der Waals surface area contributed by atoms with Gasteiger partial charge in [0.05, 0.1) is 18.2 Å². The van der Waals surface area contributed by atoms with E-state index in [2.05, 4.69) is 6.92 Å². The molecule has 0 spiro atoms. The first-order valence-corrected chi connectivity index (χ1v) is 11.1. The monoisotopic (exact) mass is 456 g/mol. The highest BCUT2D eigenvalue weighted by Crippen LogP contribution is 2.39. The van der Waals surface area contributed by atoms with E-state index in [9.17, 15) is 14.7 Å². The first kappa shape index (κ1) is 23.8. The number of hydrogen-bond acceptors (Lipinski definition) is 5. The van der Waals surface area contributed by atoms with E-state index in [1.165, 1.54) is 4.90 Å². The number of carbonyl (C=O) groups excluding carboxylic acids is 2. The van der Waals surface area contributed by atoms with E-state index in [1.54, 1.807) is 24.3 Å². The normalized spacial score (nSPS) is 17.9. The van der Waals surface area contributed by atoms with Crippen molar-refractivity contribution in [1.82, 2.24) is 9.80 Å². The number of ether oxygens (including phenoxy) is 1. The Hall–Kier alpha value is -2.83. The van der Waals surface area contributed by atoms with Gasteiger partial charge < -0.3 is 19.6 Å². The van der Waals surface area contributed by atoms with Crippen molar-refractivity contribution in [3.05, 3.63) is 70.3 Å². The van der Waals surface area contributed by atoms with Crippen LogP contribution in [0.1, 0.15) is 36.9 Å². The summed E-state index contributed by atoms with van der Waals surface area (Å²) in [4.78, 5) is 29.4. The first-order chi connectivity index (χ1) is 15.3. The molecule has 1 unspecified atom stereocenters. The van der Waals surface area contributed by atoms with Crippen LogP contribution in [0.25, 0.3) is 5.76 Å². The molecular weight excluding hydrogens is 428 g/mol. The highest BCUT2D eigenvalue weighted by Gasteiger charge is 2.45. The summed E-state index contributed by atoms with van der Waals surface area (Å²) >= 11 is 5.96. The number of likely N-dealkylation sites (tertiary alicyclic amines) is 1. The maximum atomic E-state index is 13.0. The maximum absolute atomic E-state index is 13.0. The predicted molar refractivity (Wildman–Crippen MR) is 126 cm³/mol. The molecule has 1 N–H and O–H groups in total. The SMILES string of the molecule is CCCCOc1ccc(C2C(=C(O)c3ccc(Cl)cc3)C(=O)C(=O)N2CCN(C)C)cc1. The molecule has 0 aromatic heterocycles. The zero-order valence-electron chi connectivity index (χ0n) is 18.7. The summed E-state index contributed by atoms with van der Waals surface area (Å²) < 4.78 is 5.74. The molecule has 1 amide bonds. The second-order valence-corrected chi connectivity index (χ2v) is 8.51. The molecule has 0 radical (unpaired) electrons. The fourth-order valence-electron chi connectivity index (χ4n) is 3.61. The van der Waals surface area contributed by atoms with Crippen LogP contribution in [0.4, 0.5) is 0 Å². The van der Waals surface area contributed by atoms with Gasteiger partial charge in [0.1, 0.15) is 11.5 Å². The Labute approximate surface area is 194 Å². The summed E-state index contributed by atoms with van der Waals surface area (Å²) in [5.74, 6) is -0.786. The Morgan fingerprint density at radius 3 is 2.34 bits per heavy atom. The van der Waals surface area contributed by atoms with Gasteiger partial charge in [-0.1, -0.05) is 37.1 Å². The van der Waals surface area contributed by atoms with E-state index in [0.717, 1.165) is 24.2 Å². The molecule has 0 saturated carbocycles. The van der Waals surface area contributed by atoms with Gasteiger partial charge in [0.2, 0.25) is 0 Å². The van der Waals surface area contributed by atoms with Crippen molar-refractivity contribution in [1.29, 1.82) is 0 Å². The number of nitrogens with zero attached hydrogens (tertiary/aromatic N) is 2. The van der Waals surface area contributed by atoms with E-state index in [0.29, 0.717) is 30.3 Å². The van der Waals surface area contributed by atoms with Crippen molar-refractivity contribution >= 4 is 29.1 Å². The molecule has 32 heavy (non-hydrogen) atoms. The zero-order chi connectivity index (χ0) is 23.3. The van der Waals surface area contributed by atoms with E-state index in [1.807, 2.05) is 43.3 Å². The van der Waals surface area contributed by atoms with Gasteiger partial charge in [-0.25, -0.2) is 0 Å². The molecule has 1 heterocycles. The molecule has 170 valence electrons. The summed E-state index contributed by atoms with van der Waals surface area (Å²) in [6.07, 6.45) is 2.01. The number of aliphatic hydroxyl groups excluding tert-OH is 1. The average Bonchev–Trinajstić information content (AvgIpc) is 3.03. The number of Topliss-reactive ketones (excluding diaryl/α,β-unsaturated/α-hetero) is 1. The number of likely N-dealkylation sites (N-methyl/N-ethyl adjacent to an activating group) is 1. The Bertz CT molecular complexity index is 984. The Balaban J connectivity index is 2.02. The fraction of sp³-hybridized carbons (Fsp3) is 0.360. The molecule has 1 saturated heterocycles. The number of carbonyl (C=O) groups is 2. The third-order valence-electron chi connectivity index (χ3n) is 5.41. The van der Waals surface area contributed by atoms with Crippen LogP contribution in [0.15, 0.2) is 54.1 Å². The maximum Gasteiger partial charge on any atom is 0.295 e. The van der Waals surface area contributed by atoms with Crippen molar-refractivity contribution in [3.63, 3.8) is 0 Å². The predicted octanol–water partition coefficient (Wildman–Crippen LogP) is 4.50. The molecule has 1 aliphatic rings. The lowest BCUT2D eigenvalue weighted by molar-refractivity contribution is -0.140. The van der Waals surface area contributed by atoms with E-state index in [-0.39, 0.29) is 11.3 Å². The molecule has 7 heteroatoms. The fourth-order valence-corrected chi connectivity index (χ4v) is 3.73. The van der Waals surface area contributed by atoms with Gasteiger partial charge in [0, 0.05) is 23.7 Å². The van der Waals surface area contributed by atoms with Crippen LogP contribution in [-0.4, -0.2) is 60.4 Å². The minimum absolute atomic E-state index is 0.0794. The Morgan fingerprint density at radius 2 is 1.75 bits per heavy atom. The molecule has 1 aliphatic heterocycles. The summed E-state index contributed by atoms with van der Waals surface area (Å²) in [6.45, 7) is 3.68. The summed E-state index contributed by atoms with van der Waals surface area (Å²) in [5, 5.41) is 11.5. The number of halogens is 1. The van der Waals surface area contributed by atoms with Crippen LogP contribution in [0.3, 0.4) is 0 Å². The van der Waals surface area contributed by atoms with Crippen LogP contribution in [0.5, 0.6) is 5.75 Å². The number of unbranched alkanes of at least 4 members (excludes halogenated alkanes) is 1. The smallest absolute Gasteiger partial charge is 0.295 e. The second-order valence-electron chi connectivity index (χ2n) is 8.07. The first-order valence-electron chi connectivity index (χ1n) is 10.7. The standard InChI is InChI=1S/C25H29ClN2O4/c1-4-5-16-32-20-12-8-17(9-13-20)22-21(23(29)18-6-10-19(26)11-7-18)24(30)25(31)28(22)15-14-27(2)3/h6-13,22,29H,4-5,14-16H2,1-3H3. The van der Waals surface area contributed by atoms with E-state index in [4.69, 9.17) is 16.3 Å². The van der Waals surface area contributed by atoms with Crippen molar-refractivity contribution in [2.24, 2.45) is 0 Å². The van der Waals surface area contributed by atoms with Gasteiger partial charge >= 0.3 is 0 Å².